The lowest BCUT2D eigenvalue weighted by Gasteiger charge is -2.24. The van der Waals surface area contributed by atoms with Crippen LogP contribution in [0.5, 0.6) is 0 Å². The maximum absolute atomic E-state index is 13.2. The number of amides is 1. The molecule has 0 bridgehead atoms. The number of rotatable bonds is 4. The average molecular weight is 274 g/mol. The molecule has 0 aliphatic heterocycles. The summed E-state index contributed by atoms with van der Waals surface area (Å²) in [6.07, 6.45) is 0.212. The van der Waals surface area contributed by atoms with Gasteiger partial charge in [0.05, 0.1) is 5.02 Å². The lowest BCUT2D eigenvalue weighted by Crippen LogP contribution is -2.51. The molecule has 1 rings (SSSR count). The van der Waals surface area contributed by atoms with E-state index in [0.717, 1.165) is 6.07 Å². The Bertz CT molecular complexity index is 492. The van der Waals surface area contributed by atoms with Gasteiger partial charge in [-0.05, 0) is 31.5 Å². The number of hydrogen-bond acceptors (Lipinski definition) is 2. The minimum absolute atomic E-state index is 0.0258. The van der Waals surface area contributed by atoms with Crippen LogP contribution in [0.1, 0.15) is 30.6 Å². The third kappa shape index (κ3) is 2.98. The molecule has 1 aromatic carbocycles. The first-order valence-corrected chi connectivity index (χ1v) is 5.69. The molecule has 1 atom stereocenters. The fourth-order valence-electron chi connectivity index (χ4n) is 1.25. The Kier molecular flexibility index (Phi) is 4.29. The standard InChI is InChI=1S/C12H13ClFNO3/c1-3-12(2,11(17)18)15-10(16)7-4-5-8(13)9(14)6-7/h4-6H,3H2,1-2H3,(H,15,16)(H,17,18). The molecular weight excluding hydrogens is 261 g/mol. The quantitative estimate of drug-likeness (QED) is 0.886. The Labute approximate surface area is 109 Å². The molecule has 0 aliphatic rings. The van der Waals surface area contributed by atoms with E-state index < -0.39 is 23.2 Å². The van der Waals surface area contributed by atoms with E-state index in [-0.39, 0.29) is 17.0 Å². The first kappa shape index (κ1) is 14.4. The van der Waals surface area contributed by atoms with E-state index in [2.05, 4.69) is 5.32 Å². The SMILES string of the molecule is CCC(C)(NC(=O)c1ccc(Cl)c(F)c1)C(=O)O. The predicted molar refractivity (Wildman–Crippen MR) is 65.2 cm³/mol. The van der Waals surface area contributed by atoms with Crippen molar-refractivity contribution in [1.82, 2.24) is 5.32 Å². The summed E-state index contributed by atoms with van der Waals surface area (Å²) in [6.45, 7) is 3.02. The van der Waals surface area contributed by atoms with E-state index in [4.69, 9.17) is 16.7 Å². The van der Waals surface area contributed by atoms with Gasteiger partial charge in [0, 0.05) is 5.56 Å². The zero-order valence-corrected chi connectivity index (χ0v) is 10.7. The zero-order valence-electron chi connectivity index (χ0n) is 9.96. The molecule has 0 radical (unpaired) electrons. The van der Waals surface area contributed by atoms with Gasteiger partial charge in [-0.3, -0.25) is 4.79 Å². The summed E-state index contributed by atoms with van der Waals surface area (Å²) in [6, 6.07) is 3.55. The van der Waals surface area contributed by atoms with Crippen LogP contribution < -0.4 is 5.32 Å². The highest BCUT2D eigenvalue weighted by Crippen LogP contribution is 2.17. The van der Waals surface area contributed by atoms with Gasteiger partial charge in [0.25, 0.3) is 5.91 Å². The largest absolute Gasteiger partial charge is 0.480 e. The Morgan fingerprint density at radius 2 is 2.11 bits per heavy atom. The number of aliphatic carboxylic acids is 1. The second kappa shape index (κ2) is 5.35. The van der Waals surface area contributed by atoms with Crippen molar-refractivity contribution in [2.45, 2.75) is 25.8 Å². The van der Waals surface area contributed by atoms with Gasteiger partial charge < -0.3 is 10.4 Å². The van der Waals surface area contributed by atoms with Gasteiger partial charge in [-0.25, -0.2) is 9.18 Å². The van der Waals surface area contributed by atoms with Crippen molar-refractivity contribution in [1.29, 1.82) is 0 Å². The summed E-state index contributed by atoms with van der Waals surface area (Å²) in [5.41, 5.74) is -1.36. The third-order valence-corrected chi connectivity index (χ3v) is 3.06. The summed E-state index contributed by atoms with van der Waals surface area (Å²) >= 11 is 5.50. The van der Waals surface area contributed by atoms with Crippen molar-refractivity contribution in [3.63, 3.8) is 0 Å². The summed E-state index contributed by atoms with van der Waals surface area (Å²) in [7, 11) is 0. The second-order valence-electron chi connectivity index (χ2n) is 4.07. The van der Waals surface area contributed by atoms with Crippen molar-refractivity contribution in [3.05, 3.63) is 34.6 Å². The van der Waals surface area contributed by atoms with Crippen LogP contribution in [0.25, 0.3) is 0 Å². The molecule has 0 aromatic heterocycles. The maximum Gasteiger partial charge on any atom is 0.329 e. The average Bonchev–Trinajstić information content (AvgIpc) is 2.32. The Hall–Kier alpha value is -1.62. The zero-order chi connectivity index (χ0) is 13.9. The van der Waals surface area contributed by atoms with Crippen LogP contribution in [0.2, 0.25) is 5.02 Å². The lowest BCUT2D eigenvalue weighted by atomic mass is 9.98. The second-order valence-corrected chi connectivity index (χ2v) is 4.48. The summed E-state index contributed by atoms with van der Waals surface area (Å²) in [5, 5.41) is 11.3. The van der Waals surface area contributed by atoms with Crippen LogP contribution in [-0.2, 0) is 4.79 Å². The predicted octanol–water partition coefficient (Wildman–Crippen LogP) is 2.46. The molecule has 4 nitrogen and oxygen atoms in total. The first-order chi connectivity index (χ1) is 8.30. The van der Waals surface area contributed by atoms with Crippen LogP contribution in [0, 0.1) is 5.82 Å². The molecule has 2 N–H and O–H groups in total. The molecule has 0 fully saturated rings. The minimum Gasteiger partial charge on any atom is -0.480 e. The number of carboxylic acid groups (broad SMARTS) is 1. The summed E-state index contributed by atoms with van der Waals surface area (Å²) < 4.78 is 13.2. The van der Waals surface area contributed by atoms with Gasteiger partial charge in [-0.1, -0.05) is 18.5 Å². The van der Waals surface area contributed by atoms with Crippen LogP contribution in [0.15, 0.2) is 18.2 Å². The fraction of sp³-hybridized carbons (Fsp3) is 0.333. The Morgan fingerprint density at radius 1 is 1.50 bits per heavy atom. The number of carboxylic acids is 1. The van der Waals surface area contributed by atoms with Gasteiger partial charge >= 0.3 is 5.97 Å². The van der Waals surface area contributed by atoms with Gasteiger partial charge in [0.1, 0.15) is 11.4 Å². The molecule has 0 heterocycles. The van der Waals surface area contributed by atoms with Crippen LogP contribution in [0.4, 0.5) is 4.39 Å². The van der Waals surface area contributed by atoms with E-state index in [9.17, 15) is 14.0 Å². The maximum atomic E-state index is 13.2. The van der Waals surface area contributed by atoms with E-state index >= 15 is 0 Å². The van der Waals surface area contributed by atoms with E-state index in [1.54, 1.807) is 6.92 Å². The van der Waals surface area contributed by atoms with Gasteiger partial charge in [-0.15, -0.1) is 0 Å². The molecule has 18 heavy (non-hydrogen) atoms. The Balaban J connectivity index is 2.95. The van der Waals surface area contributed by atoms with Gasteiger partial charge in [0.2, 0.25) is 0 Å². The van der Waals surface area contributed by atoms with Crippen molar-refractivity contribution < 1.29 is 19.1 Å². The topological polar surface area (TPSA) is 66.4 Å². The lowest BCUT2D eigenvalue weighted by molar-refractivity contribution is -0.143. The highest BCUT2D eigenvalue weighted by Gasteiger charge is 2.33. The van der Waals surface area contributed by atoms with Gasteiger partial charge in [-0.2, -0.15) is 0 Å². The smallest absolute Gasteiger partial charge is 0.329 e. The van der Waals surface area contributed by atoms with Gasteiger partial charge in [0.15, 0.2) is 0 Å². The fourth-order valence-corrected chi connectivity index (χ4v) is 1.37. The molecule has 6 heteroatoms. The first-order valence-electron chi connectivity index (χ1n) is 5.31. The Morgan fingerprint density at radius 3 is 2.56 bits per heavy atom. The molecule has 0 spiro atoms. The van der Waals surface area contributed by atoms with E-state index in [1.807, 2.05) is 0 Å². The van der Waals surface area contributed by atoms with E-state index in [0.29, 0.717) is 0 Å². The summed E-state index contributed by atoms with van der Waals surface area (Å²) in [5.74, 6) is -2.53. The number of benzene rings is 1. The highest BCUT2D eigenvalue weighted by atomic mass is 35.5. The van der Waals surface area contributed by atoms with E-state index in [1.165, 1.54) is 19.1 Å². The molecule has 0 saturated heterocycles. The normalized spacial score (nSPS) is 13.8. The van der Waals surface area contributed by atoms with Crippen molar-refractivity contribution in [2.24, 2.45) is 0 Å². The molecule has 0 aliphatic carbocycles. The molecule has 0 saturated carbocycles. The summed E-state index contributed by atoms with van der Waals surface area (Å²) in [4.78, 5) is 22.8. The molecule has 98 valence electrons. The molecular formula is C12H13ClFNO3. The van der Waals surface area contributed by atoms with Crippen molar-refractivity contribution in [2.75, 3.05) is 0 Å². The number of halogens is 2. The molecule has 1 amide bonds. The number of nitrogens with one attached hydrogen (secondary N) is 1. The van der Waals surface area contributed by atoms with Crippen LogP contribution >= 0.6 is 11.6 Å². The number of carbonyl (C=O) groups excluding carboxylic acids is 1. The minimum atomic E-state index is -1.38. The highest BCUT2D eigenvalue weighted by molar-refractivity contribution is 6.30. The van der Waals surface area contributed by atoms with Crippen molar-refractivity contribution in [3.8, 4) is 0 Å². The van der Waals surface area contributed by atoms with Crippen LogP contribution in [0.3, 0.4) is 0 Å². The van der Waals surface area contributed by atoms with Crippen LogP contribution in [-0.4, -0.2) is 22.5 Å². The molecule has 1 aromatic rings. The number of hydrogen-bond donors (Lipinski definition) is 2. The number of carbonyl (C=O) groups is 2. The third-order valence-electron chi connectivity index (χ3n) is 2.75. The monoisotopic (exact) mass is 273 g/mol. The molecule has 1 unspecified atom stereocenters. The van der Waals surface area contributed by atoms with Crippen molar-refractivity contribution >= 4 is 23.5 Å².